The second-order valence-electron chi connectivity index (χ2n) is 10.6. The first kappa shape index (κ1) is 26.1. The summed E-state index contributed by atoms with van der Waals surface area (Å²) in [4.78, 5) is 40.6. The number of rotatable bonds is 6. The number of piperidine rings is 1. The van der Waals surface area contributed by atoms with E-state index >= 15 is 0 Å². The normalized spacial score (nSPS) is 20.9. The van der Waals surface area contributed by atoms with E-state index in [4.69, 9.17) is 4.74 Å². The Hall–Kier alpha value is -4.19. The molecular formula is C28H30FN7O4. The molecule has 0 atom stereocenters. The minimum atomic E-state index is -1.14. The first-order valence-electron chi connectivity index (χ1n) is 13.5. The number of halogens is 1. The number of nitrogens with zero attached hydrogens (tertiary/aromatic N) is 7. The highest BCUT2D eigenvalue weighted by molar-refractivity contribution is 5.79. The Bertz CT molecular complexity index is 1540. The molecule has 1 aliphatic carbocycles. The van der Waals surface area contributed by atoms with Gasteiger partial charge in [0.2, 0.25) is 17.4 Å². The average molecular weight is 548 g/mol. The van der Waals surface area contributed by atoms with Crippen LogP contribution in [-0.4, -0.2) is 69.8 Å². The van der Waals surface area contributed by atoms with Gasteiger partial charge in [-0.15, -0.1) is 0 Å². The maximum Gasteiger partial charge on any atom is 0.296 e. The molecule has 0 spiro atoms. The summed E-state index contributed by atoms with van der Waals surface area (Å²) in [5.74, 6) is 0.205. The van der Waals surface area contributed by atoms with Gasteiger partial charge in [-0.25, -0.2) is 18.9 Å². The number of fused-ring (bicyclic) bond motifs is 1. The highest BCUT2D eigenvalue weighted by Crippen LogP contribution is 2.31. The fourth-order valence-electron chi connectivity index (χ4n) is 5.65. The Morgan fingerprint density at radius 1 is 1.05 bits per heavy atom. The number of hydrogen-bond donors (Lipinski definition) is 1. The summed E-state index contributed by atoms with van der Waals surface area (Å²) >= 11 is 0. The Balaban J connectivity index is 1.05. The molecule has 0 bridgehead atoms. The van der Waals surface area contributed by atoms with Crippen molar-refractivity contribution in [1.29, 1.82) is 0 Å². The van der Waals surface area contributed by atoms with Crippen molar-refractivity contribution >= 4 is 11.6 Å². The van der Waals surface area contributed by atoms with E-state index in [9.17, 15) is 19.1 Å². The first-order chi connectivity index (χ1) is 19.4. The summed E-state index contributed by atoms with van der Waals surface area (Å²) in [6.45, 7) is 0.905. The molecule has 12 heteroatoms. The van der Waals surface area contributed by atoms with Gasteiger partial charge in [0.05, 0.1) is 30.2 Å². The zero-order valence-electron chi connectivity index (χ0n) is 21.9. The summed E-state index contributed by atoms with van der Waals surface area (Å²) in [6, 6.07) is 5.87. The van der Waals surface area contributed by atoms with Gasteiger partial charge in [-0.3, -0.25) is 19.1 Å². The van der Waals surface area contributed by atoms with Crippen LogP contribution in [0.4, 0.5) is 4.39 Å². The van der Waals surface area contributed by atoms with Crippen LogP contribution in [-0.2, 0) is 11.3 Å². The SMILES string of the molecule is O=C(C1CCC(Oc2cnccn2)CC1)N1CCC(O)(Cn2cnn3c(-c4ccc(F)cc4)cnc3c2=O)CC1. The number of carbonyl (C=O) groups excluding carboxylic acids is 1. The molecule has 208 valence electrons. The Kier molecular flexibility index (Phi) is 7.01. The fourth-order valence-corrected chi connectivity index (χ4v) is 5.65. The van der Waals surface area contributed by atoms with E-state index in [0.29, 0.717) is 43.1 Å². The van der Waals surface area contributed by atoms with E-state index in [2.05, 4.69) is 20.1 Å². The zero-order valence-corrected chi connectivity index (χ0v) is 21.9. The third kappa shape index (κ3) is 5.31. The van der Waals surface area contributed by atoms with E-state index in [1.807, 2.05) is 4.90 Å². The Morgan fingerprint density at radius 3 is 2.50 bits per heavy atom. The summed E-state index contributed by atoms with van der Waals surface area (Å²) in [7, 11) is 0. The number of amides is 1. The van der Waals surface area contributed by atoms with E-state index < -0.39 is 5.60 Å². The number of hydrogen-bond acceptors (Lipinski definition) is 8. The molecular weight excluding hydrogens is 517 g/mol. The number of ether oxygens (including phenoxy) is 1. The van der Waals surface area contributed by atoms with E-state index in [1.54, 1.807) is 30.7 Å². The van der Waals surface area contributed by atoms with Gasteiger partial charge in [0.1, 0.15) is 18.2 Å². The third-order valence-corrected chi connectivity index (χ3v) is 7.96. The molecule has 1 amide bonds. The molecule has 1 aromatic carbocycles. The molecule has 40 heavy (non-hydrogen) atoms. The number of aliphatic hydroxyl groups is 1. The van der Waals surface area contributed by atoms with Gasteiger partial charge in [-0.1, -0.05) is 0 Å². The predicted octanol–water partition coefficient (Wildman–Crippen LogP) is 2.48. The predicted molar refractivity (Wildman–Crippen MR) is 142 cm³/mol. The van der Waals surface area contributed by atoms with Crippen molar-refractivity contribution < 1.29 is 19.0 Å². The van der Waals surface area contributed by atoms with Crippen molar-refractivity contribution in [3.05, 3.63) is 71.6 Å². The van der Waals surface area contributed by atoms with Crippen LogP contribution in [0, 0.1) is 11.7 Å². The minimum Gasteiger partial charge on any atom is -0.473 e. The summed E-state index contributed by atoms with van der Waals surface area (Å²) in [6.07, 6.45) is 11.5. The van der Waals surface area contributed by atoms with E-state index in [1.165, 1.54) is 33.7 Å². The third-order valence-electron chi connectivity index (χ3n) is 7.96. The van der Waals surface area contributed by atoms with Crippen molar-refractivity contribution in [3.63, 3.8) is 0 Å². The van der Waals surface area contributed by atoms with Gasteiger partial charge in [-0.05, 0) is 62.8 Å². The van der Waals surface area contributed by atoms with Gasteiger partial charge in [0.25, 0.3) is 5.56 Å². The summed E-state index contributed by atoms with van der Waals surface area (Å²) < 4.78 is 22.0. The Morgan fingerprint density at radius 2 is 1.80 bits per heavy atom. The molecule has 2 fully saturated rings. The molecule has 4 heterocycles. The smallest absolute Gasteiger partial charge is 0.296 e. The van der Waals surface area contributed by atoms with Crippen molar-refractivity contribution in [3.8, 4) is 17.1 Å². The highest BCUT2D eigenvalue weighted by Gasteiger charge is 2.37. The largest absolute Gasteiger partial charge is 0.473 e. The number of carbonyl (C=O) groups is 1. The summed E-state index contributed by atoms with van der Waals surface area (Å²) in [5, 5.41) is 15.7. The fraction of sp³-hybridized carbons (Fsp3) is 0.429. The van der Waals surface area contributed by atoms with Crippen LogP contribution in [0.15, 0.2) is 60.2 Å². The molecule has 4 aromatic rings. The standard InChI is InChI=1S/C28H30FN7O4/c29-21-5-1-19(2-6-21)23-15-32-25-27(38)35(18-33-36(23)25)17-28(39)9-13-34(14-10-28)26(37)20-3-7-22(8-4-20)40-24-16-30-11-12-31-24/h1-2,5-6,11-12,15-16,18,20,22,39H,3-4,7-10,13-14,17H2. The lowest BCUT2D eigenvalue weighted by atomic mass is 9.85. The second kappa shape index (κ2) is 10.8. The summed E-state index contributed by atoms with van der Waals surface area (Å²) in [5.41, 5.74) is -0.151. The molecule has 2 aliphatic rings. The number of benzene rings is 1. The zero-order chi connectivity index (χ0) is 27.7. The van der Waals surface area contributed by atoms with Crippen LogP contribution in [0.3, 0.4) is 0 Å². The van der Waals surface area contributed by atoms with Crippen LogP contribution in [0.25, 0.3) is 16.9 Å². The molecule has 3 aromatic heterocycles. The van der Waals surface area contributed by atoms with Crippen molar-refractivity contribution in [2.24, 2.45) is 5.92 Å². The molecule has 11 nitrogen and oxygen atoms in total. The van der Waals surface area contributed by atoms with Gasteiger partial charge in [0.15, 0.2) is 0 Å². The maximum atomic E-state index is 13.3. The first-order valence-corrected chi connectivity index (χ1v) is 13.5. The van der Waals surface area contributed by atoms with Gasteiger partial charge in [0, 0.05) is 37.0 Å². The van der Waals surface area contributed by atoms with Crippen molar-refractivity contribution in [2.45, 2.75) is 56.8 Å². The number of imidazole rings is 1. The second-order valence-corrected chi connectivity index (χ2v) is 10.6. The molecule has 6 rings (SSSR count). The van der Waals surface area contributed by atoms with Crippen molar-refractivity contribution in [2.75, 3.05) is 13.1 Å². The monoisotopic (exact) mass is 547 g/mol. The maximum absolute atomic E-state index is 13.3. The lowest BCUT2D eigenvalue weighted by Crippen LogP contribution is -2.51. The van der Waals surface area contributed by atoms with Gasteiger partial charge >= 0.3 is 0 Å². The van der Waals surface area contributed by atoms with Crippen LogP contribution in [0.2, 0.25) is 0 Å². The quantitative estimate of drug-likeness (QED) is 0.390. The molecule has 0 unspecified atom stereocenters. The van der Waals surface area contributed by atoms with Crippen molar-refractivity contribution in [1.82, 2.24) is 34.0 Å². The topological polar surface area (TPSA) is 128 Å². The average Bonchev–Trinajstić information content (AvgIpc) is 3.41. The van der Waals surface area contributed by atoms with E-state index in [0.717, 1.165) is 25.7 Å². The van der Waals surface area contributed by atoms with Crippen LogP contribution < -0.4 is 10.3 Å². The lowest BCUT2D eigenvalue weighted by molar-refractivity contribution is -0.141. The number of aromatic nitrogens is 6. The van der Waals surface area contributed by atoms with Crippen LogP contribution >= 0.6 is 0 Å². The highest BCUT2D eigenvalue weighted by atomic mass is 19.1. The molecule has 1 aliphatic heterocycles. The molecule has 0 radical (unpaired) electrons. The minimum absolute atomic E-state index is 0.0262. The van der Waals surface area contributed by atoms with Gasteiger partial charge < -0.3 is 14.7 Å². The molecule has 1 saturated carbocycles. The van der Waals surface area contributed by atoms with Crippen LogP contribution in [0.5, 0.6) is 5.88 Å². The van der Waals surface area contributed by atoms with Crippen LogP contribution in [0.1, 0.15) is 38.5 Å². The Labute approximate surface area is 229 Å². The number of likely N-dealkylation sites (tertiary alicyclic amines) is 1. The molecule has 1 N–H and O–H groups in total. The van der Waals surface area contributed by atoms with E-state index in [-0.39, 0.29) is 41.5 Å². The van der Waals surface area contributed by atoms with Gasteiger partial charge in [-0.2, -0.15) is 5.10 Å². The lowest BCUT2D eigenvalue weighted by Gasteiger charge is -2.40. The molecule has 1 saturated heterocycles.